The molecule has 1 aromatic heterocycles. The number of nitrogens with zero attached hydrogens (tertiary/aromatic N) is 4. The van der Waals surface area contributed by atoms with Crippen LogP contribution in [-0.2, 0) is 11.3 Å². The molecule has 15 heteroatoms. The number of para-hydroxylation sites is 1. The third-order valence-corrected chi connectivity index (χ3v) is 6.27. The van der Waals surface area contributed by atoms with E-state index in [-0.39, 0.29) is 18.3 Å². The van der Waals surface area contributed by atoms with Crippen LogP contribution in [0.15, 0.2) is 36.4 Å². The second-order valence-electron chi connectivity index (χ2n) is 8.98. The van der Waals surface area contributed by atoms with Gasteiger partial charge in [0.05, 0.1) is 12.2 Å². The number of carbonyl (C=O) groups is 2. The van der Waals surface area contributed by atoms with E-state index in [0.29, 0.717) is 28.9 Å². The summed E-state index contributed by atoms with van der Waals surface area (Å²) in [6, 6.07) is 6.97. The van der Waals surface area contributed by atoms with Gasteiger partial charge in [-0.1, -0.05) is 19.9 Å². The number of likely N-dealkylation sites (N-methyl/N-ethyl adjacent to an activating group) is 1. The number of rotatable bonds is 8. The summed E-state index contributed by atoms with van der Waals surface area (Å²) in [5, 5.41) is 12.9. The molecule has 0 atom stereocenters. The minimum absolute atomic E-state index is 0.0482. The summed E-state index contributed by atoms with van der Waals surface area (Å²) in [5.41, 5.74) is 1.64. The van der Waals surface area contributed by atoms with Gasteiger partial charge in [0.15, 0.2) is 5.82 Å². The lowest BCUT2D eigenvalue weighted by Gasteiger charge is -2.31. The molecule has 0 spiro atoms. The molecule has 3 aromatic rings. The van der Waals surface area contributed by atoms with Gasteiger partial charge >= 0.3 is 18.2 Å². The van der Waals surface area contributed by atoms with E-state index in [0.717, 1.165) is 36.7 Å². The number of urea groups is 1. The molecule has 42 heavy (non-hydrogen) atoms. The maximum absolute atomic E-state index is 14.7. The average Bonchev–Trinajstić information content (AvgIpc) is 2.91. The molecule has 2 heterocycles. The predicted octanol–water partition coefficient (Wildman–Crippen LogP) is 5.62. The first-order valence-electron chi connectivity index (χ1n) is 12.7. The summed E-state index contributed by atoms with van der Waals surface area (Å²) >= 11 is 0. The molecule has 0 saturated heterocycles. The van der Waals surface area contributed by atoms with E-state index < -0.39 is 41.3 Å². The Morgan fingerprint density at radius 2 is 1.71 bits per heavy atom. The average molecular weight is 599 g/mol. The van der Waals surface area contributed by atoms with Gasteiger partial charge in [-0.05, 0) is 55.9 Å². The molecule has 2 amide bonds. The zero-order valence-corrected chi connectivity index (χ0v) is 22.8. The minimum atomic E-state index is -5.08. The highest BCUT2D eigenvalue weighted by atomic mass is 19.4. The Hall–Kier alpha value is -4.40. The first-order chi connectivity index (χ1) is 19.8. The van der Waals surface area contributed by atoms with Crippen molar-refractivity contribution in [2.75, 3.05) is 36.4 Å². The van der Waals surface area contributed by atoms with Crippen LogP contribution < -0.4 is 15.5 Å². The van der Waals surface area contributed by atoms with Crippen LogP contribution in [0.2, 0.25) is 0 Å². The molecule has 4 rings (SSSR count). The smallest absolute Gasteiger partial charge is 0.475 e. The molecular weight excluding hydrogens is 570 g/mol. The Morgan fingerprint density at radius 1 is 1.10 bits per heavy atom. The van der Waals surface area contributed by atoms with E-state index in [1.54, 1.807) is 13.0 Å². The van der Waals surface area contributed by atoms with Crippen molar-refractivity contribution in [3.05, 3.63) is 65.0 Å². The normalized spacial score (nSPS) is 12.8. The molecule has 3 N–H and O–H groups in total. The number of benzene rings is 2. The number of fused-ring (bicyclic) bond motifs is 1. The largest absolute Gasteiger partial charge is 0.490 e. The number of anilines is 3. The van der Waals surface area contributed by atoms with E-state index in [2.05, 4.69) is 39.3 Å². The Labute approximate surface area is 237 Å². The summed E-state index contributed by atoms with van der Waals surface area (Å²) in [6.45, 7) is 8.92. The number of aryl methyl sites for hydroxylation is 1. The van der Waals surface area contributed by atoms with Crippen molar-refractivity contribution in [2.24, 2.45) is 0 Å². The lowest BCUT2D eigenvalue weighted by atomic mass is 10.00. The lowest BCUT2D eigenvalue weighted by Crippen LogP contribution is -2.43. The Morgan fingerprint density at radius 3 is 2.26 bits per heavy atom. The first kappa shape index (κ1) is 32.1. The van der Waals surface area contributed by atoms with E-state index in [1.165, 1.54) is 18.2 Å². The van der Waals surface area contributed by atoms with Crippen molar-refractivity contribution in [1.29, 1.82) is 0 Å². The van der Waals surface area contributed by atoms with E-state index in [9.17, 15) is 31.1 Å². The van der Waals surface area contributed by atoms with Crippen molar-refractivity contribution < 1.29 is 41.0 Å². The van der Waals surface area contributed by atoms with E-state index >= 15 is 0 Å². The molecule has 0 aliphatic carbocycles. The van der Waals surface area contributed by atoms with Crippen LogP contribution in [0.25, 0.3) is 11.3 Å². The number of carboxylic acids is 1. The first-order valence-corrected chi connectivity index (χ1v) is 12.7. The number of carbonyl (C=O) groups excluding carboxylic acids is 1. The molecule has 0 radical (unpaired) electrons. The zero-order chi connectivity index (χ0) is 31.2. The van der Waals surface area contributed by atoms with Gasteiger partial charge in [-0.15, -0.1) is 0 Å². The van der Waals surface area contributed by atoms with Gasteiger partial charge in [0.1, 0.15) is 23.1 Å². The number of aromatic nitrogens is 2. The maximum Gasteiger partial charge on any atom is 0.490 e. The highest BCUT2D eigenvalue weighted by Gasteiger charge is 2.38. The van der Waals surface area contributed by atoms with Gasteiger partial charge < -0.3 is 20.6 Å². The van der Waals surface area contributed by atoms with Crippen LogP contribution in [0, 0.1) is 24.4 Å². The zero-order valence-electron chi connectivity index (χ0n) is 22.8. The monoisotopic (exact) mass is 598 g/mol. The van der Waals surface area contributed by atoms with Crippen molar-refractivity contribution in [3.63, 3.8) is 0 Å². The SMILES string of the molecule is CCN(CC)CCNc1nc(-c2ccc(F)cc2C)c2c(n1)N(c1c(F)cccc1F)C(=O)NC2.O=C(O)C(F)(F)F. The van der Waals surface area contributed by atoms with E-state index in [1.807, 2.05) is 0 Å². The van der Waals surface area contributed by atoms with Crippen LogP contribution in [0.5, 0.6) is 0 Å². The maximum atomic E-state index is 14.7. The number of aliphatic carboxylic acids is 1. The standard InChI is InChI=1S/C25H27F3N6O.C2HF3O2/c1-4-33(5-2)12-11-29-24-31-21(17-10-9-16(26)13-15(17)3)18-14-30-25(35)34(23(18)32-24)22-19(27)7-6-8-20(22)28;3-2(4,5)1(6)7/h6-10,13H,4-5,11-12,14H2,1-3H3,(H,30,35)(H,29,31,32);(H,6,7). The fourth-order valence-electron chi connectivity index (χ4n) is 4.13. The van der Waals surface area contributed by atoms with Crippen molar-refractivity contribution in [2.45, 2.75) is 33.5 Å². The van der Waals surface area contributed by atoms with Crippen LogP contribution in [0.1, 0.15) is 25.0 Å². The lowest BCUT2D eigenvalue weighted by molar-refractivity contribution is -0.192. The summed E-state index contributed by atoms with van der Waals surface area (Å²) in [5.74, 6) is -4.69. The molecule has 1 aliphatic heterocycles. The topological polar surface area (TPSA) is 111 Å². The van der Waals surface area contributed by atoms with Gasteiger partial charge in [0.25, 0.3) is 0 Å². The fourth-order valence-corrected chi connectivity index (χ4v) is 4.13. The predicted molar refractivity (Wildman–Crippen MR) is 143 cm³/mol. The van der Waals surface area contributed by atoms with Gasteiger partial charge in [0.2, 0.25) is 5.95 Å². The third-order valence-electron chi connectivity index (χ3n) is 6.27. The summed E-state index contributed by atoms with van der Waals surface area (Å²) in [4.78, 5) is 34.0. The summed E-state index contributed by atoms with van der Waals surface area (Å²) < 4.78 is 75.0. The quantitative estimate of drug-likeness (QED) is 0.289. The van der Waals surface area contributed by atoms with Gasteiger partial charge in [-0.3, -0.25) is 0 Å². The Balaban J connectivity index is 0.000000616. The highest BCUT2D eigenvalue weighted by molar-refractivity contribution is 6.02. The Kier molecular flexibility index (Phi) is 10.3. The number of hydrogen-bond donors (Lipinski definition) is 3. The Bertz CT molecular complexity index is 1430. The van der Waals surface area contributed by atoms with Crippen LogP contribution in [-0.4, -0.2) is 64.3 Å². The molecule has 2 aromatic carbocycles. The fraction of sp³-hybridized carbons (Fsp3) is 0.333. The van der Waals surface area contributed by atoms with Crippen molar-refractivity contribution >= 4 is 29.5 Å². The molecule has 0 bridgehead atoms. The van der Waals surface area contributed by atoms with Crippen molar-refractivity contribution in [1.82, 2.24) is 20.2 Å². The molecule has 1 aliphatic rings. The minimum Gasteiger partial charge on any atom is -0.475 e. The second kappa shape index (κ2) is 13.5. The van der Waals surface area contributed by atoms with Gasteiger partial charge in [-0.2, -0.15) is 18.2 Å². The molecule has 0 fully saturated rings. The molecule has 0 saturated carbocycles. The molecular formula is C27H28F6N6O3. The summed E-state index contributed by atoms with van der Waals surface area (Å²) in [7, 11) is 0. The second-order valence-corrected chi connectivity index (χ2v) is 8.98. The number of hydrogen-bond acceptors (Lipinski definition) is 6. The van der Waals surface area contributed by atoms with Gasteiger partial charge in [0, 0.05) is 24.2 Å². The number of alkyl halides is 3. The van der Waals surface area contributed by atoms with Crippen LogP contribution in [0.3, 0.4) is 0 Å². The highest BCUT2D eigenvalue weighted by Crippen LogP contribution is 2.39. The van der Waals surface area contributed by atoms with Gasteiger partial charge in [-0.25, -0.2) is 32.6 Å². The number of carboxylic acid groups (broad SMARTS) is 1. The van der Waals surface area contributed by atoms with Crippen LogP contribution >= 0.6 is 0 Å². The van der Waals surface area contributed by atoms with Crippen molar-refractivity contribution in [3.8, 4) is 11.3 Å². The molecule has 9 nitrogen and oxygen atoms in total. The number of amides is 2. The third kappa shape index (κ3) is 7.46. The molecule has 226 valence electrons. The molecule has 0 unspecified atom stereocenters. The number of halogens is 6. The van der Waals surface area contributed by atoms with Crippen LogP contribution in [0.4, 0.5) is 48.6 Å². The number of nitrogens with one attached hydrogen (secondary N) is 2. The summed E-state index contributed by atoms with van der Waals surface area (Å²) in [6.07, 6.45) is -5.08. The van der Waals surface area contributed by atoms with E-state index in [4.69, 9.17) is 9.90 Å².